The van der Waals surface area contributed by atoms with E-state index in [0.29, 0.717) is 6.10 Å². The molecule has 17 heavy (non-hydrogen) atoms. The highest BCUT2D eigenvalue weighted by Crippen LogP contribution is 2.19. The van der Waals surface area contributed by atoms with Gasteiger partial charge in [0.05, 0.1) is 11.6 Å². The predicted molar refractivity (Wildman–Crippen MR) is 68.9 cm³/mol. The van der Waals surface area contributed by atoms with E-state index in [1.807, 2.05) is 6.07 Å². The van der Waals surface area contributed by atoms with E-state index in [1.54, 1.807) is 6.20 Å². The number of aromatic nitrogens is 3. The van der Waals surface area contributed by atoms with Crippen molar-refractivity contribution in [3.05, 3.63) is 22.6 Å². The van der Waals surface area contributed by atoms with Gasteiger partial charge in [0.25, 0.3) is 0 Å². The smallest absolute Gasteiger partial charge is 0.177 e. The third-order valence-corrected chi connectivity index (χ3v) is 3.51. The van der Waals surface area contributed by atoms with E-state index in [9.17, 15) is 0 Å². The summed E-state index contributed by atoms with van der Waals surface area (Å²) in [7, 11) is 0. The molecular weight excluding hydrogens is 282 g/mol. The zero-order valence-electron chi connectivity index (χ0n) is 9.45. The molecule has 2 aromatic rings. The number of aryl methyl sites for hydroxylation is 1. The maximum atomic E-state index is 5.60. The fraction of sp³-hybridized carbons (Fsp3) is 0.500. The van der Waals surface area contributed by atoms with E-state index >= 15 is 0 Å². The molecule has 0 radical (unpaired) electrons. The quantitative estimate of drug-likeness (QED) is 0.947. The van der Waals surface area contributed by atoms with Crippen molar-refractivity contribution < 1.29 is 4.74 Å². The lowest BCUT2D eigenvalue weighted by atomic mass is 10.1. The standard InChI is InChI=1S/C12H14BrN3O/c13-8-6-10-12(14-7-8)16-11(15-10)4-3-9-2-1-5-17-9/h6-7,9H,1-5H2,(H,14,15,16). The van der Waals surface area contributed by atoms with Crippen LogP contribution in [0.5, 0.6) is 0 Å². The normalized spacial score (nSPS) is 20.2. The van der Waals surface area contributed by atoms with Crippen LogP contribution in [0.25, 0.3) is 11.2 Å². The van der Waals surface area contributed by atoms with Gasteiger partial charge in [-0.3, -0.25) is 0 Å². The van der Waals surface area contributed by atoms with Gasteiger partial charge in [-0.1, -0.05) is 0 Å². The van der Waals surface area contributed by atoms with Crippen molar-refractivity contribution >= 4 is 27.1 Å². The van der Waals surface area contributed by atoms with Crippen molar-refractivity contribution in [3.8, 4) is 0 Å². The summed E-state index contributed by atoms with van der Waals surface area (Å²) in [5, 5.41) is 0. The number of halogens is 1. The number of nitrogens with one attached hydrogen (secondary N) is 1. The first-order chi connectivity index (χ1) is 8.31. The summed E-state index contributed by atoms with van der Waals surface area (Å²) in [5.74, 6) is 1.00. The van der Waals surface area contributed by atoms with Crippen molar-refractivity contribution in [2.45, 2.75) is 31.8 Å². The molecule has 1 N–H and O–H groups in total. The Labute approximate surface area is 108 Å². The van der Waals surface area contributed by atoms with Crippen LogP contribution >= 0.6 is 15.9 Å². The predicted octanol–water partition coefficient (Wildman–Crippen LogP) is 2.83. The van der Waals surface area contributed by atoms with Crippen LogP contribution in [0.1, 0.15) is 25.1 Å². The first-order valence-electron chi connectivity index (χ1n) is 5.93. The molecule has 90 valence electrons. The molecule has 1 saturated heterocycles. The van der Waals surface area contributed by atoms with Crippen molar-refractivity contribution in [2.24, 2.45) is 0 Å². The molecule has 0 saturated carbocycles. The van der Waals surface area contributed by atoms with E-state index < -0.39 is 0 Å². The number of nitrogens with zero attached hydrogens (tertiary/aromatic N) is 2. The molecular formula is C12H14BrN3O. The molecule has 1 aliphatic rings. The molecule has 5 heteroatoms. The summed E-state index contributed by atoms with van der Waals surface area (Å²) < 4.78 is 6.57. The van der Waals surface area contributed by atoms with Gasteiger partial charge < -0.3 is 9.72 Å². The van der Waals surface area contributed by atoms with Crippen molar-refractivity contribution in [3.63, 3.8) is 0 Å². The fourth-order valence-corrected chi connectivity index (χ4v) is 2.54. The number of rotatable bonds is 3. The van der Waals surface area contributed by atoms with Crippen LogP contribution < -0.4 is 0 Å². The topological polar surface area (TPSA) is 50.8 Å². The maximum Gasteiger partial charge on any atom is 0.177 e. The van der Waals surface area contributed by atoms with Gasteiger partial charge in [0, 0.05) is 23.7 Å². The van der Waals surface area contributed by atoms with Crippen LogP contribution in [0.4, 0.5) is 0 Å². The second-order valence-electron chi connectivity index (χ2n) is 4.38. The monoisotopic (exact) mass is 295 g/mol. The van der Waals surface area contributed by atoms with Gasteiger partial charge in [0.2, 0.25) is 0 Å². The minimum Gasteiger partial charge on any atom is -0.378 e. The van der Waals surface area contributed by atoms with E-state index in [4.69, 9.17) is 4.74 Å². The van der Waals surface area contributed by atoms with Crippen molar-refractivity contribution in [2.75, 3.05) is 6.61 Å². The van der Waals surface area contributed by atoms with Gasteiger partial charge in [-0.05, 0) is 41.3 Å². The third-order valence-electron chi connectivity index (χ3n) is 3.08. The van der Waals surface area contributed by atoms with E-state index in [0.717, 1.165) is 40.9 Å². The van der Waals surface area contributed by atoms with Crippen LogP contribution in [0, 0.1) is 0 Å². The highest BCUT2D eigenvalue weighted by Gasteiger charge is 2.16. The van der Waals surface area contributed by atoms with Crippen LogP contribution in [-0.4, -0.2) is 27.7 Å². The molecule has 0 aromatic carbocycles. The van der Waals surface area contributed by atoms with Gasteiger partial charge in [0.1, 0.15) is 5.82 Å². The average molecular weight is 296 g/mol. The Bertz CT molecular complexity index is 519. The summed E-state index contributed by atoms with van der Waals surface area (Å²) in [6.07, 6.45) is 6.54. The molecule has 3 rings (SSSR count). The number of pyridine rings is 1. The minimum absolute atomic E-state index is 0.419. The van der Waals surface area contributed by atoms with Gasteiger partial charge in [-0.15, -0.1) is 0 Å². The molecule has 4 nitrogen and oxygen atoms in total. The Morgan fingerprint density at radius 2 is 2.47 bits per heavy atom. The van der Waals surface area contributed by atoms with Crippen LogP contribution in [-0.2, 0) is 11.2 Å². The number of hydrogen-bond acceptors (Lipinski definition) is 3. The van der Waals surface area contributed by atoms with Gasteiger partial charge >= 0.3 is 0 Å². The molecule has 2 aromatic heterocycles. The van der Waals surface area contributed by atoms with E-state index in [1.165, 1.54) is 12.8 Å². The Kier molecular flexibility index (Phi) is 3.11. The molecule has 0 bridgehead atoms. The average Bonchev–Trinajstić information content (AvgIpc) is 2.94. The summed E-state index contributed by atoms with van der Waals surface area (Å²) in [6.45, 7) is 0.916. The molecule has 0 amide bonds. The highest BCUT2D eigenvalue weighted by atomic mass is 79.9. The molecule has 1 unspecified atom stereocenters. The number of aromatic amines is 1. The van der Waals surface area contributed by atoms with Crippen LogP contribution in [0.15, 0.2) is 16.7 Å². The van der Waals surface area contributed by atoms with Crippen LogP contribution in [0.2, 0.25) is 0 Å². The number of ether oxygens (including phenoxy) is 1. The second-order valence-corrected chi connectivity index (χ2v) is 5.30. The van der Waals surface area contributed by atoms with Gasteiger partial charge in [-0.2, -0.15) is 0 Å². The fourth-order valence-electron chi connectivity index (χ4n) is 2.21. The maximum absolute atomic E-state index is 5.60. The summed E-state index contributed by atoms with van der Waals surface area (Å²) in [5.41, 5.74) is 1.78. The van der Waals surface area contributed by atoms with Crippen LogP contribution in [0.3, 0.4) is 0 Å². The largest absolute Gasteiger partial charge is 0.378 e. The Morgan fingerprint density at radius 3 is 3.29 bits per heavy atom. The lowest BCUT2D eigenvalue weighted by Crippen LogP contribution is -2.06. The Hall–Kier alpha value is -0.940. The number of imidazole rings is 1. The zero-order chi connectivity index (χ0) is 11.7. The van der Waals surface area contributed by atoms with Crippen molar-refractivity contribution in [1.82, 2.24) is 15.0 Å². The van der Waals surface area contributed by atoms with E-state index in [-0.39, 0.29) is 0 Å². The van der Waals surface area contributed by atoms with E-state index in [2.05, 4.69) is 30.9 Å². The highest BCUT2D eigenvalue weighted by molar-refractivity contribution is 9.10. The second kappa shape index (κ2) is 4.74. The van der Waals surface area contributed by atoms with Crippen molar-refractivity contribution in [1.29, 1.82) is 0 Å². The molecule has 1 aliphatic heterocycles. The third kappa shape index (κ3) is 2.50. The number of hydrogen-bond donors (Lipinski definition) is 1. The molecule has 1 fully saturated rings. The van der Waals surface area contributed by atoms with Gasteiger partial charge in [0.15, 0.2) is 5.65 Å². The summed E-state index contributed by atoms with van der Waals surface area (Å²) in [4.78, 5) is 12.0. The first-order valence-corrected chi connectivity index (χ1v) is 6.72. The molecule has 0 spiro atoms. The molecule has 3 heterocycles. The lowest BCUT2D eigenvalue weighted by molar-refractivity contribution is 0.104. The van der Waals surface area contributed by atoms with Gasteiger partial charge in [-0.25, -0.2) is 9.97 Å². The Morgan fingerprint density at radius 1 is 1.53 bits per heavy atom. The summed E-state index contributed by atoms with van der Waals surface area (Å²) in [6, 6.07) is 2.00. The molecule has 1 atom stereocenters. The minimum atomic E-state index is 0.419. The lowest BCUT2D eigenvalue weighted by Gasteiger charge is -2.06. The Balaban J connectivity index is 1.72. The summed E-state index contributed by atoms with van der Waals surface area (Å²) >= 11 is 3.40. The number of H-pyrrole nitrogens is 1. The molecule has 0 aliphatic carbocycles. The SMILES string of the molecule is Brc1cnc2nc(CCC3CCCO3)[nH]c2c1. The number of fused-ring (bicyclic) bond motifs is 1. The first kappa shape index (κ1) is 11.2. The zero-order valence-corrected chi connectivity index (χ0v) is 11.0.